The van der Waals surface area contributed by atoms with Crippen molar-refractivity contribution >= 4 is 30.1 Å². The van der Waals surface area contributed by atoms with Crippen LogP contribution in [0.5, 0.6) is 0 Å². The smallest absolute Gasteiger partial charge is 0.338 e. The second-order valence-electron chi connectivity index (χ2n) is 10.2. The number of para-hydroxylation sites is 1. The molecule has 5 heteroatoms. The van der Waals surface area contributed by atoms with Gasteiger partial charge in [-0.1, -0.05) is 116 Å². The average molecular weight is 502 g/mol. The maximum absolute atomic E-state index is 12.0. The van der Waals surface area contributed by atoms with E-state index in [1.807, 2.05) is 30.3 Å². The molecule has 0 bridgehead atoms. The number of nitrogens with one attached hydrogen (secondary N) is 1. The standard InChI is InChI=1S/C31H39NO3Si/c1-31(2,3)36(27-16-10-6-11-17-27,28-18-12-7-13-19-28)23-21-25(24-29(33)30(34)35-4)20-22-32-26-14-8-5-9-15-26/h5-19,24,29,32-33H,20-23H2,1-4H3. The molecule has 1 atom stereocenters. The van der Waals surface area contributed by atoms with Gasteiger partial charge in [-0.3, -0.25) is 0 Å². The fraction of sp³-hybridized carbons (Fsp3) is 0.323. The van der Waals surface area contributed by atoms with Gasteiger partial charge in [-0.2, -0.15) is 0 Å². The van der Waals surface area contributed by atoms with E-state index in [0.717, 1.165) is 30.1 Å². The van der Waals surface area contributed by atoms with E-state index in [4.69, 9.17) is 4.74 Å². The summed E-state index contributed by atoms with van der Waals surface area (Å²) in [6.07, 6.45) is 1.94. The van der Waals surface area contributed by atoms with Crippen LogP contribution in [0, 0.1) is 0 Å². The van der Waals surface area contributed by atoms with E-state index in [9.17, 15) is 9.90 Å². The van der Waals surface area contributed by atoms with Crippen LogP contribution in [0.3, 0.4) is 0 Å². The lowest BCUT2D eigenvalue weighted by Crippen LogP contribution is -2.64. The molecular formula is C31H39NO3Si. The molecule has 36 heavy (non-hydrogen) atoms. The lowest BCUT2D eigenvalue weighted by atomic mass is 10.1. The summed E-state index contributed by atoms with van der Waals surface area (Å²) in [5.74, 6) is -0.631. The van der Waals surface area contributed by atoms with E-state index < -0.39 is 20.1 Å². The largest absolute Gasteiger partial charge is 0.467 e. The molecule has 0 aromatic heterocycles. The third kappa shape index (κ3) is 6.74. The van der Waals surface area contributed by atoms with Crippen LogP contribution in [0.15, 0.2) is 103 Å². The predicted molar refractivity (Wildman–Crippen MR) is 153 cm³/mol. The third-order valence-electron chi connectivity index (χ3n) is 7.02. The second kappa shape index (κ2) is 12.7. The first kappa shape index (κ1) is 27.4. The van der Waals surface area contributed by atoms with Crippen LogP contribution in [0.25, 0.3) is 0 Å². The molecule has 3 aromatic carbocycles. The van der Waals surface area contributed by atoms with Crippen molar-refractivity contribution in [3.8, 4) is 0 Å². The van der Waals surface area contributed by atoms with E-state index >= 15 is 0 Å². The molecule has 0 heterocycles. The number of methoxy groups -OCH3 is 1. The lowest BCUT2D eigenvalue weighted by molar-refractivity contribution is -0.147. The van der Waals surface area contributed by atoms with Crippen LogP contribution in [-0.2, 0) is 9.53 Å². The number of carbonyl (C=O) groups excluding carboxylic acids is 1. The molecule has 0 aliphatic rings. The van der Waals surface area contributed by atoms with Crippen molar-refractivity contribution in [1.29, 1.82) is 0 Å². The van der Waals surface area contributed by atoms with Crippen molar-refractivity contribution in [1.82, 2.24) is 0 Å². The van der Waals surface area contributed by atoms with Crippen molar-refractivity contribution in [3.05, 3.63) is 103 Å². The number of carbonyl (C=O) groups is 1. The Morgan fingerprint density at radius 1 is 0.889 bits per heavy atom. The number of rotatable bonds is 11. The monoisotopic (exact) mass is 501 g/mol. The van der Waals surface area contributed by atoms with Gasteiger partial charge in [0.25, 0.3) is 0 Å². The fourth-order valence-electron chi connectivity index (χ4n) is 5.12. The zero-order valence-electron chi connectivity index (χ0n) is 21.9. The Hall–Kier alpha value is -3.15. The number of esters is 1. The minimum Gasteiger partial charge on any atom is -0.467 e. The van der Waals surface area contributed by atoms with Gasteiger partial charge in [-0.25, -0.2) is 4.79 Å². The van der Waals surface area contributed by atoms with Gasteiger partial charge in [0.2, 0.25) is 0 Å². The second-order valence-corrected chi connectivity index (χ2v) is 15.2. The molecule has 0 radical (unpaired) electrons. The number of hydrogen-bond donors (Lipinski definition) is 2. The van der Waals surface area contributed by atoms with Gasteiger partial charge in [0, 0.05) is 12.2 Å². The minimum absolute atomic E-state index is 0.0457. The number of ether oxygens (including phenoxy) is 1. The summed E-state index contributed by atoms with van der Waals surface area (Å²) in [5.41, 5.74) is 2.11. The summed E-state index contributed by atoms with van der Waals surface area (Å²) in [4.78, 5) is 12.0. The molecule has 0 saturated carbocycles. The summed E-state index contributed by atoms with van der Waals surface area (Å²) < 4.78 is 4.78. The highest BCUT2D eigenvalue weighted by atomic mass is 28.3. The highest BCUT2D eigenvalue weighted by Gasteiger charge is 2.46. The topological polar surface area (TPSA) is 58.6 Å². The normalized spacial score (nSPS) is 13.2. The predicted octanol–water partition coefficient (Wildman–Crippen LogP) is 5.40. The third-order valence-corrected chi connectivity index (χ3v) is 13.2. The molecule has 1 unspecified atom stereocenters. The molecule has 0 fully saturated rings. The average Bonchev–Trinajstić information content (AvgIpc) is 2.89. The quantitative estimate of drug-likeness (QED) is 0.210. The molecule has 3 rings (SSSR count). The maximum Gasteiger partial charge on any atom is 0.338 e. The van der Waals surface area contributed by atoms with Crippen LogP contribution < -0.4 is 15.7 Å². The molecule has 2 N–H and O–H groups in total. The zero-order valence-corrected chi connectivity index (χ0v) is 22.9. The van der Waals surface area contributed by atoms with E-state index in [-0.39, 0.29) is 5.04 Å². The molecule has 0 spiro atoms. The van der Waals surface area contributed by atoms with Gasteiger partial charge in [-0.05, 0) is 42.1 Å². The van der Waals surface area contributed by atoms with Crippen molar-refractivity contribution in [3.63, 3.8) is 0 Å². The van der Waals surface area contributed by atoms with Gasteiger partial charge in [0.1, 0.15) is 8.07 Å². The summed E-state index contributed by atoms with van der Waals surface area (Å²) in [6, 6.07) is 32.8. The maximum atomic E-state index is 12.0. The van der Waals surface area contributed by atoms with E-state index in [1.54, 1.807) is 6.08 Å². The first-order chi connectivity index (χ1) is 17.3. The molecule has 0 aliphatic heterocycles. The van der Waals surface area contributed by atoms with Crippen LogP contribution in [0.1, 0.15) is 33.6 Å². The highest BCUT2D eigenvalue weighted by molar-refractivity contribution is 7.04. The zero-order chi connectivity index (χ0) is 26.0. The Labute approximate surface area is 217 Å². The number of aliphatic hydroxyl groups is 1. The lowest BCUT2D eigenvalue weighted by Gasteiger charge is -2.44. The highest BCUT2D eigenvalue weighted by Crippen LogP contribution is 2.40. The van der Waals surface area contributed by atoms with E-state index in [1.165, 1.54) is 17.5 Å². The summed E-state index contributed by atoms with van der Waals surface area (Å²) in [7, 11) is -0.957. The van der Waals surface area contributed by atoms with Crippen molar-refractivity contribution < 1.29 is 14.6 Å². The Morgan fingerprint density at radius 3 is 1.86 bits per heavy atom. The Kier molecular flexibility index (Phi) is 9.68. The van der Waals surface area contributed by atoms with Crippen molar-refractivity contribution in [2.24, 2.45) is 0 Å². The van der Waals surface area contributed by atoms with Crippen LogP contribution >= 0.6 is 0 Å². The van der Waals surface area contributed by atoms with E-state index in [2.05, 4.69) is 86.8 Å². The number of aliphatic hydroxyl groups excluding tert-OH is 1. The first-order valence-electron chi connectivity index (χ1n) is 12.6. The first-order valence-corrected chi connectivity index (χ1v) is 14.8. The SMILES string of the molecule is COC(=O)C(O)C=C(CCNc1ccccc1)CC[Si](c1ccccc1)(c1ccccc1)C(C)(C)C. The molecule has 4 nitrogen and oxygen atoms in total. The molecule has 0 amide bonds. The van der Waals surface area contributed by atoms with Gasteiger partial charge in [-0.15, -0.1) is 0 Å². The van der Waals surface area contributed by atoms with Crippen LogP contribution in [-0.4, -0.2) is 38.9 Å². The van der Waals surface area contributed by atoms with Crippen LogP contribution in [0.4, 0.5) is 5.69 Å². The summed E-state index contributed by atoms with van der Waals surface area (Å²) >= 11 is 0. The Bertz CT molecular complexity index is 1070. The number of anilines is 1. The van der Waals surface area contributed by atoms with Crippen molar-refractivity contribution in [2.75, 3.05) is 19.0 Å². The summed E-state index contributed by atoms with van der Waals surface area (Å²) in [5, 5.41) is 16.8. The molecule has 0 aliphatic carbocycles. The minimum atomic E-state index is -2.26. The van der Waals surface area contributed by atoms with Crippen molar-refractivity contribution in [2.45, 2.75) is 50.8 Å². The number of hydrogen-bond acceptors (Lipinski definition) is 4. The van der Waals surface area contributed by atoms with E-state index in [0.29, 0.717) is 6.54 Å². The number of benzene rings is 3. The molecule has 190 valence electrons. The van der Waals surface area contributed by atoms with Gasteiger partial charge in [0.15, 0.2) is 6.10 Å². The fourth-order valence-corrected chi connectivity index (χ4v) is 10.7. The van der Waals surface area contributed by atoms with Gasteiger partial charge in [0.05, 0.1) is 7.11 Å². The van der Waals surface area contributed by atoms with Gasteiger partial charge >= 0.3 is 5.97 Å². The Morgan fingerprint density at radius 2 is 1.39 bits per heavy atom. The molecule has 3 aromatic rings. The van der Waals surface area contributed by atoms with Crippen LogP contribution in [0.2, 0.25) is 11.1 Å². The molecular weight excluding hydrogens is 462 g/mol. The summed E-state index contributed by atoms with van der Waals surface area (Å²) in [6.45, 7) is 7.76. The molecule has 0 saturated heterocycles. The Balaban J connectivity index is 1.94. The van der Waals surface area contributed by atoms with Gasteiger partial charge < -0.3 is 15.2 Å².